The predicted octanol–water partition coefficient (Wildman–Crippen LogP) is 3.01. The Morgan fingerprint density at radius 3 is 2.82 bits per heavy atom. The van der Waals surface area contributed by atoms with Gasteiger partial charge in [0.15, 0.2) is 0 Å². The Labute approximate surface area is 164 Å². The maximum atomic E-state index is 12.7. The van der Waals surface area contributed by atoms with Gasteiger partial charge in [0.1, 0.15) is 0 Å². The zero-order valence-corrected chi connectivity index (χ0v) is 15.9. The topological polar surface area (TPSA) is 78.8 Å². The van der Waals surface area contributed by atoms with Gasteiger partial charge < -0.3 is 10.2 Å². The van der Waals surface area contributed by atoms with Crippen molar-refractivity contribution in [1.29, 1.82) is 0 Å². The molecule has 0 aliphatic carbocycles. The molecule has 3 heterocycles. The number of aromatic nitrogens is 4. The van der Waals surface area contributed by atoms with E-state index in [1.807, 2.05) is 53.5 Å². The number of likely N-dealkylation sites (tertiary alicyclic amines) is 1. The van der Waals surface area contributed by atoms with E-state index in [1.165, 1.54) is 0 Å². The molecule has 1 aliphatic heterocycles. The van der Waals surface area contributed by atoms with E-state index in [2.05, 4.69) is 25.5 Å². The second-order valence-electron chi connectivity index (χ2n) is 7.30. The minimum Gasteiger partial charge on any atom is -0.326 e. The number of benzene rings is 1. The number of piperidine rings is 1. The Morgan fingerprint density at radius 1 is 1.18 bits per heavy atom. The summed E-state index contributed by atoms with van der Waals surface area (Å²) < 4.78 is 1.96. The van der Waals surface area contributed by atoms with Crippen molar-refractivity contribution >= 4 is 11.6 Å². The number of nitrogens with zero attached hydrogens (tertiary/aromatic N) is 4. The summed E-state index contributed by atoms with van der Waals surface area (Å²) in [6, 6.07) is 11.7. The highest BCUT2D eigenvalue weighted by molar-refractivity contribution is 5.93. The number of aromatic amines is 1. The van der Waals surface area contributed by atoms with Gasteiger partial charge in [0.25, 0.3) is 0 Å². The number of aryl methyl sites for hydroxylation is 1. The van der Waals surface area contributed by atoms with E-state index in [0.717, 1.165) is 62.4 Å². The van der Waals surface area contributed by atoms with Gasteiger partial charge in [-0.15, -0.1) is 0 Å². The minimum absolute atomic E-state index is 0.0470. The van der Waals surface area contributed by atoms with E-state index in [0.29, 0.717) is 0 Å². The van der Waals surface area contributed by atoms with Crippen LogP contribution in [-0.2, 0) is 11.3 Å². The molecule has 0 bridgehead atoms. The van der Waals surface area contributed by atoms with Gasteiger partial charge in [-0.25, -0.2) is 0 Å². The van der Waals surface area contributed by atoms with Crippen molar-refractivity contribution in [2.24, 2.45) is 5.92 Å². The van der Waals surface area contributed by atoms with Crippen LogP contribution in [0.25, 0.3) is 11.3 Å². The highest BCUT2D eigenvalue weighted by Gasteiger charge is 2.25. The zero-order valence-electron chi connectivity index (χ0n) is 15.9. The molecule has 2 aromatic heterocycles. The van der Waals surface area contributed by atoms with Crippen LogP contribution in [0.4, 0.5) is 5.69 Å². The largest absolute Gasteiger partial charge is 0.326 e. The minimum atomic E-state index is 0.0470. The van der Waals surface area contributed by atoms with Crippen molar-refractivity contribution in [3.63, 3.8) is 0 Å². The van der Waals surface area contributed by atoms with Crippen LogP contribution in [0, 0.1) is 5.92 Å². The second kappa shape index (κ2) is 8.84. The quantitative estimate of drug-likeness (QED) is 0.662. The van der Waals surface area contributed by atoms with Gasteiger partial charge in [-0.3, -0.25) is 14.6 Å². The average Bonchev–Trinajstić information content (AvgIpc) is 3.43. The van der Waals surface area contributed by atoms with Crippen LogP contribution in [0.3, 0.4) is 0 Å². The molecule has 1 fully saturated rings. The first kappa shape index (κ1) is 18.4. The lowest BCUT2D eigenvalue weighted by Gasteiger charge is -2.32. The van der Waals surface area contributed by atoms with E-state index in [9.17, 15) is 4.79 Å². The summed E-state index contributed by atoms with van der Waals surface area (Å²) in [5.41, 5.74) is 2.86. The summed E-state index contributed by atoms with van der Waals surface area (Å²) in [5, 5.41) is 14.2. The fourth-order valence-electron chi connectivity index (χ4n) is 3.76. The first-order valence-corrected chi connectivity index (χ1v) is 9.88. The number of hydrogen-bond donors (Lipinski definition) is 2. The van der Waals surface area contributed by atoms with E-state index in [1.54, 1.807) is 6.20 Å². The highest BCUT2D eigenvalue weighted by atomic mass is 16.1. The molecular formula is C21H26N6O. The first-order chi connectivity index (χ1) is 13.8. The molecule has 1 saturated heterocycles. The number of carbonyl (C=O) groups excluding carboxylic acids is 1. The summed E-state index contributed by atoms with van der Waals surface area (Å²) in [6.45, 7) is 3.82. The molecule has 4 rings (SSSR count). The summed E-state index contributed by atoms with van der Waals surface area (Å²) in [5.74, 6) is 0.164. The Bertz CT molecular complexity index is 857. The van der Waals surface area contributed by atoms with Crippen LogP contribution in [0.5, 0.6) is 0 Å². The van der Waals surface area contributed by atoms with Crippen LogP contribution in [0.1, 0.15) is 19.3 Å². The molecule has 3 aromatic rings. The Hall–Kier alpha value is -2.93. The standard InChI is InChI=1S/C21H26N6O/c28-21(24-19-7-5-17(6-8-19)20-9-11-22-25-20)18-4-1-12-26(16-18)13-3-15-27-14-2-10-23-27/h2,5-11,14,18H,1,3-4,12-13,15-16H2,(H,22,25)(H,24,28)/t18-/m0/s1. The Kier molecular flexibility index (Phi) is 5.82. The van der Waals surface area contributed by atoms with Crippen molar-refractivity contribution in [2.75, 3.05) is 25.0 Å². The summed E-state index contributed by atoms with van der Waals surface area (Å²) in [7, 11) is 0. The number of carbonyl (C=O) groups is 1. The molecule has 1 amide bonds. The Balaban J connectivity index is 1.26. The monoisotopic (exact) mass is 378 g/mol. The first-order valence-electron chi connectivity index (χ1n) is 9.88. The smallest absolute Gasteiger partial charge is 0.228 e. The van der Waals surface area contributed by atoms with Crippen molar-refractivity contribution in [3.8, 4) is 11.3 Å². The second-order valence-corrected chi connectivity index (χ2v) is 7.30. The lowest BCUT2D eigenvalue weighted by molar-refractivity contribution is -0.121. The lowest BCUT2D eigenvalue weighted by atomic mass is 9.97. The number of hydrogen-bond acceptors (Lipinski definition) is 4. The van der Waals surface area contributed by atoms with Crippen molar-refractivity contribution in [1.82, 2.24) is 24.9 Å². The van der Waals surface area contributed by atoms with Crippen molar-refractivity contribution < 1.29 is 4.79 Å². The fraction of sp³-hybridized carbons (Fsp3) is 0.381. The molecule has 0 saturated carbocycles. The van der Waals surface area contributed by atoms with E-state index >= 15 is 0 Å². The molecule has 28 heavy (non-hydrogen) atoms. The van der Waals surface area contributed by atoms with Gasteiger partial charge in [-0.2, -0.15) is 10.2 Å². The maximum absolute atomic E-state index is 12.7. The van der Waals surface area contributed by atoms with Gasteiger partial charge in [0.05, 0.1) is 11.6 Å². The fourth-order valence-corrected chi connectivity index (χ4v) is 3.76. The van der Waals surface area contributed by atoms with Crippen LogP contribution >= 0.6 is 0 Å². The molecule has 1 aromatic carbocycles. The van der Waals surface area contributed by atoms with Gasteiger partial charge in [-0.05, 0) is 62.2 Å². The molecule has 7 heteroatoms. The third-order valence-corrected chi connectivity index (χ3v) is 5.26. The molecule has 0 radical (unpaired) electrons. The number of rotatable bonds is 7. The summed E-state index contributed by atoms with van der Waals surface area (Å²) in [6.07, 6.45) is 8.60. The number of amides is 1. The van der Waals surface area contributed by atoms with Gasteiger partial charge in [-0.1, -0.05) is 12.1 Å². The van der Waals surface area contributed by atoms with Crippen molar-refractivity contribution in [3.05, 3.63) is 55.0 Å². The van der Waals surface area contributed by atoms with Crippen molar-refractivity contribution in [2.45, 2.75) is 25.8 Å². The van der Waals surface area contributed by atoms with Gasteiger partial charge in [0, 0.05) is 37.4 Å². The van der Waals surface area contributed by atoms with E-state index < -0.39 is 0 Å². The number of nitrogens with one attached hydrogen (secondary N) is 2. The molecule has 1 aliphatic rings. The van der Waals surface area contributed by atoms with Gasteiger partial charge in [0.2, 0.25) is 5.91 Å². The van der Waals surface area contributed by atoms with Crippen LogP contribution in [0.15, 0.2) is 55.0 Å². The van der Waals surface area contributed by atoms with E-state index in [-0.39, 0.29) is 11.8 Å². The normalized spacial score (nSPS) is 17.5. The van der Waals surface area contributed by atoms with E-state index in [4.69, 9.17) is 0 Å². The number of anilines is 1. The predicted molar refractivity (Wildman–Crippen MR) is 109 cm³/mol. The van der Waals surface area contributed by atoms with Gasteiger partial charge >= 0.3 is 0 Å². The Morgan fingerprint density at radius 2 is 2.07 bits per heavy atom. The molecule has 0 unspecified atom stereocenters. The summed E-state index contributed by atoms with van der Waals surface area (Å²) >= 11 is 0. The lowest BCUT2D eigenvalue weighted by Crippen LogP contribution is -2.41. The maximum Gasteiger partial charge on any atom is 0.228 e. The SMILES string of the molecule is O=C(Nc1ccc(-c2ccn[nH]2)cc1)[C@H]1CCCN(CCCn2cccn2)C1. The van der Waals surface area contributed by atoms with Crippen LogP contribution < -0.4 is 5.32 Å². The highest BCUT2D eigenvalue weighted by Crippen LogP contribution is 2.22. The molecule has 1 atom stereocenters. The molecular weight excluding hydrogens is 352 g/mol. The third-order valence-electron chi connectivity index (χ3n) is 5.26. The molecule has 146 valence electrons. The molecule has 7 nitrogen and oxygen atoms in total. The third kappa shape index (κ3) is 4.67. The number of H-pyrrole nitrogens is 1. The summed E-state index contributed by atoms with van der Waals surface area (Å²) in [4.78, 5) is 15.1. The van der Waals surface area contributed by atoms with Crippen LogP contribution in [-0.4, -0.2) is 50.4 Å². The zero-order chi connectivity index (χ0) is 19.2. The van der Waals surface area contributed by atoms with Crippen LogP contribution in [0.2, 0.25) is 0 Å². The molecule has 2 N–H and O–H groups in total. The molecule has 0 spiro atoms. The average molecular weight is 378 g/mol.